The van der Waals surface area contributed by atoms with Crippen molar-refractivity contribution in [2.75, 3.05) is 0 Å². The van der Waals surface area contributed by atoms with E-state index in [2.05, 4.69) is 4.74 Å². The summed E-state index contributed by atoms with van der Waals surface area (Å²) in [5.41, 5.74) is 0.849. The van der Waals surface area contributed by atoms with Gasteiger partial charge in [0.1, 0.15) is 5.75 Å². The number of aliphatic carboxylic acids is 1. The number of rotatable bonds is 3. The first kappa shape index (κ1) is 12.7. The first-order valence-corrected chi connectivity index (χ1v) is 5.43. The molecular weight excluding hydrogens is 249 g/mol. The van der Waals surface area contributed by atoms with Gasteiger partial charge in [-0.25, -0.2) is 0 Å². The summed E-state index contributed by atoms with van der Waals surface area (Å²) in [5, 5.41) is 8.72. The Balaban J connectivity index is 1.95. The molecule has 6 heteroatoms. The summed E-state index contributed by atoms with van der Waals surface area (Å²) < 4.78 is 39.5. The number of carboxylic acids is 1. The Labute approximate surface area is 101 Å². The van der Waals surface area contributed by atoms with Crippen molar-refractivity contribution in [3.8, 4) is 5.75 Å². The van der Waals surface area contributed by atoms with Crippen LogP contribution in [-0.4, -0.2) is 17.4 Å². The molecule has 3 nitrogen and oxygen atoms in total. The Bertz CT molecular complexity index is 433. The number of ether oxygens (including phenoxy) is 1. The molecule has 2 rings (SSSR count). The second-order valence-corrected chi connectivity index (χ2v) is 4.32. The van der Waals surface area contributed by atoms with Crippen molar-refractivity contribution >= 4 is 5.97 Å². The zero-order valence-electron chi connectivity index (χ0n) is 9.28. The zero-order chi connectivity index (χ0) is 13.3. The fraction of sp³-hybridized carbons (Fsp3) is 0.417. The summed E-state index contributed by atoms with van der Waals surface area (Å²) in [6.45, 7) is 0. The van der Waals surface area contributed by atoms with E-state index in [-0.39, 0.29) is 17.6 Å². The van der Waals surface area contributed by atoms with E-state index < -0.39 is 12.3 Å². The molecule has 1 aromatic carbocycles. The van der Waals surface area contributed by atoms with Gasteiger partial charge in [-0.2, -0.15) is 0 Å². The molecule has 1 saturated carbocycles. The molecule has 1 N–H and O–H groups in total. The molecule has 0 heterocycles. The fourth-order valence-electron chi connectivity index (χ4n) is 2.03. The van der Waals surface area contributed by atoms with E-state index >= 15 is 0 Å². The van der Waals surface area contributed by atoms with Crippen molar-refractivity contribution in [1.29, 1.82) is 0 Å². The number of halogens is 3. The minimum Gasteiger partial charge on any atom is -0.481 e. The second-order valence-electron chi connectivity index (χ2n) is 4.32. The molecule has 0 aliphatic heterocycles. The lowest BCUT2D eigenvalue weighted by Crippen LogP contribution is -2.28. The van der Waals surface area contributed by atoms with Crippen LogP contribution >= 0.6 is 0 Å². The Morgan fingerprint density at radius 2 is 1.78 bits per heavy atom. The first-order valence-electron chi connectivity index (χ1n) is 5.43. The standard InChI is InChI=1S/C12H11F3O3/c13-12(14,15)18-10-3-1-7(2-4-10)8-5-9(6-8)11(16)17/h1-4,8-9H,5-6H2,(H,16,17). The Morgan fingerprint density at radius 3 is 2.22 bits per heavy atom. The predicted molar refractivity (Wildman–Crippen MR) is 56.2 cm³/mol. The number of carbonyl (C=O) groups is 1. The topological polar surface area (TPSA) is 46.5 Å². The summed E-state index contributed by atoms with van der Waals surface area (Å²) in [5.74, 6) is -1.30. The maximum Gasteiger partial charge on any atom is 0.573 e. The molecule has 18 heavy (non-hydrogen) atoms. The summed E-state index contributed by atoms with van der Waals surface area (Å²) in [6, 6.07) is 5.58. The molecule has 0 aromatic heterocycles. The normalized spacial score (nSPS) is 23.3. The van der Waals surface area contributed by atoms with Crippen LogP contribution in [0.1, 0.15) is 24.3 Å². The third kappa shape index (κ3) is 2.94. The van der Waals surface area contributed by atoms with E-state index in [0.717, 1.165) is 5.56 Å². The number of benzene rings is 1. The van der Waals surface area contributed by atoms with Crippen molar-refractivity contribution in [3.63, 3.8) is 0 Å². The minimum atomic E-state index is -4.69. The van der Waals surface area contributed by atoms with Crippen molar-refractivity contribution in [3.05, 3.63) is 29.8 Å². The van der Waals surface area contributed by atoms with E-state index in [1.807, 2.05) is 0 Å². The molecule has 1 aliphatic rings. The molecule has 1 aliphatic carbocycles. The highest BCUT2D eigenvalue weighted by atomic mass is 19.4. The lowest BCUT2D eigenvalue weighted by atomic mass is 9.71. The van der Waals surface area contributed by atoms with Gasteiger partial charge in [0, 0.05) is 0 Å². The predicted octanol–water partition coefficient (Wildman–Crippen LogP) is 3.16. The SMILES string of the molecule is O=C(O)C1CC(c2ccc(OC(F)(F)F)cc2)C1. The van der Waals surface area contributed by atoms with E-state index in [4.69, 9.17) is 5.11 Å². The number of carboxylic acid groups (broad SMARTS) is 1. The molecule has 0 radical (unpaired) electrons. The molecule has 0 saturated heterocycles. The second kappa shape index (κ2) is 4.51. The zero-order valence-corrected chi connectivity index (χ0v) is 9.28. The van der Waals surface area contributed by atoms with Crippen LogP contribution in [0.3, 0.4) is 0 Å². The van der Waals surface area contributed by atoms with Gasteiger partial charge in [0.2, 0.25) is 0 Å². The number of hydrogen-bond acceptors (Lipinski definition) is 2. The monoisotopic (exact) mass is 260 g/mol. The first-order chi connectivity index (χ1) is 8.35. The van der Waals surface area contributed by atoms with Gasteiger partial charge in [-0.15, -0.1) is 13.2 Å². The lowest BCUT2D eigenvalue weighted by Gasteiger charge is -2.32. The van der Waals surface area contributed by atoms with E-state index in [1.54, 1.807) is 12.1 Å². The van der Waals surface area contributed by atoms with Crippen molar-refractivity contribution < 1.29 is 27.8 Å². The van der Waals surface area contributed by atoms with E-state index in [1.165, 1.54) is 12.1 Å². The Morgan fingerprint density at radius 1 is 1.22 bits per heavy atom. The summed E-state index contributed by atoms with van der Waals surface area (Å²) >= 11 is 0. The van der Waals surface area contributed by atoms with Crippen molar-refractivity contribution in [2.45, 2.75) is 25.1 Å². The van der Waals surface area contributed by atoms with E-state index in [9.17, 15) is 18.0 Å². The quantitative estimate of drug-likeness (QED) is 0.908. The van der Waals surface area contributed by atoms with Gasteiger partial charge in [-0.1, -0.05) is 12.1 Å². The molecule has 0 spiro atoms. The molecular formula is C12H11F3O3. The Hall–Kier alpha value is -1.72. The summed E-state index contributed by atoms with van der Waals surface area (Å²) in [6.07, 6.45) is -3.62. The van der Waals surface area contributed by atoms with Gasteiger partial charge in [-0.3, -0.25) is 4.79 Å². The average molecular weight is 260 g/mol. The van der Waals surface area contributed by atoms with Crippen LogP contribution in [0.2, 0.25) is 0 Å². The highest BCUT2D eigenvalue weighted by Crippen LogP contribution is 2.42. The molecule has 98 valence electrons. The van der Waals surface area contributed by atoms with Gasteiger partial charge < -0.3 is 9.84 Å². The fourth-order valence-corrected chi connectivity index (χ4v) is 2.03. The number of hydrogen-bond donors (Lipinski definition) is 1. The maximum atomic E-state index is 11.9. The molecule has 1 fully saturated rings. The molecule has 0 bridgehead atoms. The van der Waals surface area contributed by atoms with Crippen LogP contribution in [0, 0.1) is 5.92 Å². The van der Waals surface area contributed by atoms with Crippen LogP contribution in [0.15, 0.2) is 24.3 Å². The highest BCUT2D eigenvalue weighted by molar-refractivity contribution is 5.71. The average Bonchev–Trinajstić information content (AvgIpc) is 2.15. The molecule has 0 atom stereocenters. The van der Waals surface area contributed by atoms with Gasteiger partial charge in [-0.05, 0) is 36.5 Å². The lowest BCUT2D eigenvalue weighted by molar-refractivity contribution is -0.274. The van der Waals surface area contributed by atoms with E-state index in [0.29, 0.717) is 12.8 Å². The molecule has 0 unspecified atom stereocenters. The summed E-state index contributed by atoms with van der Waals surface area (Å²) in [4.78, 5) is 10.6. The van der Waals surface area contributed by atoms with Crippen LogP contribution in [0.25, 0.3) is 0 Å². The van der Waals surface area contributed by atoms with Gasteiger partial charge in [0.15, 0.2) is 0 Å². The minimum absolute atomic E-state index is 0.117. The number of alkyl halides is 3. The molecule has 0 amide bonds. The van der Waals surface area contributed by atoms with Gasteiger partial charge in [0.05, 0.1) is 5.92 Å². The van der Waals surface area contributed by atoms with Crippen molar-refractivity contribution in [1.82, 2.24) is 0 Å². The summed E-state index contributed by atoms with van der Waals surface area (Å²) in [7, 11) is 0. The van der Waals surface area contributed by atoms with Crippen LogP contribution < -0.4 is 4.74 Å². The Kier molecular flexibility index (Phi) is 3.19. The van der Waals surface area contributed by atoms with Gasteiger partial charge >= 0.3 is 12.3 Å². The highest BCUT2D eigenvalue weighted by Gasteiger charge is 2.35. The van der Waals surface area contributed by atoms with Crippen LogP contribution in [0.4, 0.5) is 13.2 Å². The largest absolute Gasteiger partial charge is 0.573 e. The smallest absolute Gasteiger partial charge is 0.481 e. The third-order valence-electron chi connectivity index (χ3n) is 3.07. The van der Waals surface area contributed by atoms with Crippen LogP contribution in [-0.2, 0) is 4.79 Å². The van der Waals surface area contributed by atoms with Gasteiger partial charge in [0.25, 0.3) is 0 Å². The van der Waals surface area contributed by atoms with Crippen LogP contribution in [0.5, 0.6) is 5.75 Å². The molecule has 1 aromatic rings. The van der Waals surface area contributed by atoms with Crippen molar-refractivity contribution in [2.24, 2.45) is 5.92 Å². The maximum absolute atomic E-state index is 11.9. The third-order valence-corrected chi connectivity index (χ3v) is 3.07.